The van der Waals surface area contributed by atoms with E-state index in [2.05, 4.69) is 31.6 Å². The van der Waals surface area contributed by atoms with Crippen molar-refractivity contribution in [3.63, 3.8) is 0 Å². The van der Waals surface area contributed by atoms with Gasteiger partial charge in [-0.2, -0.15) is 0 Å². The number of nitrogens with one attached hydrogen (secondary N) is 1. The van der Waals surface area contributed by atoms with Crippen molar-refractivity contribution >= 4 is 61.3 Å². The number of nitrogens with zero attached hydrogens (tertiary/aromatic N) is 4. The number of furan rings is 1. The number of fused-ring (bicyclic) bond motifs is 3. The Morgan fingerprint density at radius 3 is 2.67 bits per heavy atom. The number of rotatable bonds is 7. The van der Waals surface area contributed by atoms with Crippen LogP contribution in [0.25, 0.3) is 21.9 Å². The van der Waals surface area contributed by atoms with Crippen LogP contribution in [0.3, 0.4) is 0 Å². The zero-order valence-electron chi connectivity index (χ0n) is 21.4. The Balaban J connectivity index is 1.17. The molecule has 3 aromatic carbocycles. The number of carbonyl (C=O) groups excluding carboxylic acids is 3. The van der Waals surface area contributed by atoms with E-state index in [0.717, 1.165) is 26.5 Å². The van der Waals surface area contributed by atoms with Crippen LogP contribution in [0.5, 0.6) is 0 Å². The molecule has 3 heterocycles. The molecule has 1 fully saturated rings. The summed E-state index contributed by atoms with van der Waals surface area (Å²) in [6.07, 6.45) is 2.25. The molecule has 0 aliphatic carbocycles. The highest BCUT2D eigenvalue weighted by molar-refractivity contribution is 9.10. The highest BCUT2D eigenvalue weighted by Crippen LogP contribution is 2.30. The molecule has 1 saturated heterocycles. The molecule has 1 aliphatic rings. The lowest BCUT2D eigenvalue weighted by Crippen LogP contribution is -2.43. The number of esters is 1. The molecule has 1 aliphatic heterocycles. The molecule has 2 amide bonds. The molecule has 0 saturated carbocycles. The molecule has 5 aromatic rings. The van der Waals surface area contributed by atoms with Crippen LogP contribution in [0, 0.1) is 0 Å². The SMILES string of the molecule is COC(=O)C(Cc1cn(C2CCN(c3ccc(Br)cc3)C2=O)nn1)NC(=O)c1ccc2c(c1)oc1ccccc12. The first-order valence-electron chi connectivity index (χ1n) is 12.7. The Hall–Kier alpha value is -4.51. The number of hydrogen-bond donors (Lipinski definition) is 1. The number of carbonyl (C=O) groups is 3. The predicted molar refractivity (Wildman–Crippen MR) is 151 cm³/mol. The largest absolute Gasteiger partial charge is 0.467 e. The number of amides is 2. The average molecular weight is 602 g/mol. The highest BCUT2D eigenvalue weighted by Gasteiger charge is 2.35. The number of benzene rings is 3. The van der Waals surface area contributed by atoms with Gasteiger partial charge in [0.1, 0.15) is 23.2 Å². The van der Waals surface area contributed by atoms with Crippen molar-refractivity contribution in [2.75, 3.05) is 18.6 Å². The lowest BCUT2D eigenvalue weighted by molar-refractivity contribution is -0.142. The quantitative estimate of drug-likeness (QED) is 0.274. The zero-order valence-corrected chi connectivity index (χ0v) is 23.0. The van der Waals surface area contributed by atoms with E-state index in [4.69, 9.17) is 9.15 Å². The van der Waals surface area contributed by atoms with Crippen LogP contribution in [0.2, 0.25) is 0 Å². The Morgan fingerprint density at radius 2 is 1.88 bits per heavy atom. The van der Waals surface area contributed by atoms with Crippen molar-refractivity contribution in [3.05, 3.63) is 88.7 Å². The fraction of sp³-hybridized carbons (Fsp3) is 0.207. The Bertz CT molecular complexity index is 1740. The second-order valence-corrected chi connectivity index (χ2v) is 10.4. The smallest absolute Gasteiger partial charge is 0.328 e. The molecule has 0 radical (unpaired) electrons. The third-order valence-corrected chi connectivity index (χ3v) is 7.57. The molecule has 0 bridgehead atoms. The van der Waals surface area contributed by atoms with E-state index in [9.17, 15) is 14.4 Å². The predicted octanol–water partition coefficient (Wildman–Crippen LogP) is 4.43. The van der Waals surface area contributed by atoms with Gasteiger partial charge in [-0.3, -0.25) is 9.59 Å². The zero-order chi connectivity index (χ0) is 27.8. The topological polar surface area (TPSA) is 120 Å². The van der Waals surface area contributed by atoms with E-state index in [1.165, 1.54) is 11.8 Å². The van der Waals surface area contributed by atoms with Crippen LogP contribution in [0.15, 0.2) is 81.8 Å². The molecular weight excluding hydrogens is 578 g/mol. The normalized spacial score (nSPS) is 16.0. The van der Waals surface area contributed by atoms with Gasteiger partial charge in [-0.05, 0) is 55.0 Å². The van der Waals surface area contributed by atoms with Gasteiger partial charge in [0.15, 0.2) is 0 Å². The van der Waals surface area contributed by atoms with Gasteiger partial charge in [0.05, 0.1) is 12.8 Å². The lowest BCUT2D eigenvalue weighted by Gasteiger charge is -2.17. The van der Waals surface area contributed by atoms with E-state index < -0.39 is 24.0 Å². The molecule has 2 aromatic heterocycles. The Labute approximate surface area is 237 Å². The van der Waals surface area contributed by atoms with Gasteiger partial charge in [0.25, 0.3) is 11.8 Å². The van der Waals surface area contributed by atoms with Crippen LogP contribution in [0.4, 0.5) is 5.69 Å². The third-order valence-electron chi connectivity index (χ3n) is 7.04. The first-order valence-corrected chi connectivity index (χ1v) is 13.5. The minimum atomic E-state index is -1.01. The first-order chi connectivity index (χ1) is 19.4. The van der Waals surface area contributed by atoms with Gasteiger partial charge < -0.3 is 19.4 Å². The summed E-state index contributed by atoms with van der Waals surface area (Å²) in [6, 6.07) is 18.8. The molecule has 2 atom stereocenters. The van der Waals surface area contributed by atoms with Gasteiger partial charge in [0, 0.05) is 45.7 Å². The number of hydrogen-bond acceptors (Lipinski definition) is 7. The summed E-state index contributed by atoms with van der Waals surface area (Å²) in [6.45, 7) is 0.552. The van der Waals surface area contributed by atoms with Crippen molar-refractivity contribution in [3.8, 4) is 0 Å². The number of para-hydroxylation sites is 1. The average Bonchev–Trinajstić information content (AvgIpc) is 3.69. The van der Waals surface area contributed by atoms with E-state index >= 15 is 0 Å². The van der Waals surface area contributed by atoms with Crippen LogP contribution in [0.1, 0.15) is 28.5 Å². The molecule has 2 unspecified atom stereocenters. The van der Waals surface area contributed by atoms with E-state index in [1.807, 2.05) is 54.6 Å². The highest BCUT2D eigenvalue weighted by atomic mass is 79.9. The monoisotopic (exact) mass is 601 g/mol. The molecule has 40 heavy (non-hydrogen) atoms. The van der Waals surface area contributed by atoms with E-state index in [0.29, 0.717) is 29.8 Å². The standard InChI is InChI=1S/C29H24BrN5O5/c1-39-29(38)23(31-27(36)17-6-11-22-21-4-2-3-5-25(21)40-26(22)14-17)15-19-16-35(33-32-19)24-12-13-34(28(24)37)20-9-7-18(30)8-10-20/h2-11,14,16,23-24H,12-13,15H2,1H3,(H,31,36). The second-order valence-electron chi connectivity index (χ2n) is 9.52. The van der Waals surface area contributed by atoms with Crippen molar-refractivity contribution in [2.45, 2.75) is 24.9 Å². The summed E-state index contributed by atoms with van der Waals surface area (Å²) in [5.41, 5.74) is 2.90. The number of anilines is 1. The van der Waals surface area contributed by atoms with Gasteiger partial charge in [-0.25, -0.2) is 9.48 Å². The summed E-state index contributed by atoms with van der Waals surface area (Å²) < 4.78 is 13.3. The fourth-order valence-corrected chi connectivity index (χ4v) is 5.26. The fourth-order valence-electron chi connectivity index (χ4n) is 5.00. The van der Waals surface area contributed by atoms with Crippen LogP contribution >= 0.6 is 15.9 Å². The van der Waals surface area contributed by atoms with Crippen molar-refractivity contribution < 1.29 is 23.5 Å². The molecule has 10 nitrogen and oxygen atoms in total. The molecule has 0 spiro atoms. The molecule has 11 heteroatoms. The Kier molecular flexibility index (Phi) is 6.81. The molecule has 6 rings (SSSR count). The molecular formula is C29H24BrN5O5. The van der Waals surface area contributed by atoms with Crippen LogP contribution in [-0.4, -0.2) is 52.5 Å². The van der Waals surface area contributed by atoms with Gasteiger partial charge in [-0.15, -0.1) is 5.10 Å². The minimum absolute atomic E-state index is 0.0443. The minimum Gasteiger partial charge on any atom is -0.467 e. The number of aromatic nitrogens is 3. The molecule has 1 N–H and O–H groups in total. The first kappa shape index (κ1) is 25.8. The number of methoxy groups -OCH3 is 1. The Morgan fingerprint density at radius 1 is 1.10 bits per heavy atom. The van der Waals surface area contributed by atoms with Crippen LogP contribution in [-0.2, 0) is 20.7 Å². The maximum absolute atomic E-state index is 13.1. The number of halogens is 1. The van der Waals surface area contributed by atoms with Gasteiger partial charge in [0.2, 0.25) is 0 Å². The summed E-state index contributed by atoms with van der Waals surface area (Å²) in [5.74, 6) is -1.16. The van der Waals surface area contributed by atoms with Crippen molar-refractivity contribution in [1.29, 1.82) is 0 Å². The lowest BCUT2D eigenvalue weighted by atomic mass is 10.1. The maximum Gasteiger partial charge on any atom is 0.328 e. The second kappa shape index (κ2) is 10.6. The maximum atomic E-state index is 13.1. The van der Waals surface area contributed by atoms with E-state index in [1.54, 1.807) is 23.2 Å². The summed E-state index contributed by atoms with van der Waals surface area (Å²) >= 11 is 3.41. The molecule has 202 valence electrons. The van der Waals surface area contributed by atoms with Crippen LogP contribution < -0.4 is 10.2 Å². The van der Waals surface area contributed by atoms with Crippen molar-refractivity contribution in [1.82, 2.24) is 20.3 Å². The number of ether oxygens (including phenoxy) is 1. The summed E-state index contributed by atoms with van der Waals surface area (Å²) in [5, 5.41) is 12.9. The third kappa shape index (κ3) is 4.84. The van der Waals surface area contributed by atoms with Crippen molar-refractivity contribution in [2.24, 2.45) is 0 Å². The summed E-state index contributed by atoms with van der Waals surface area (Å²) in [4.78, 5) is 40.5. The van der Waals surface area contributed by atoms with Gasteiger partial charge >= 0.3 is 5.97 Å². The summed E-state index contributed by atoms with van der Waals surface area (Å²) in [7, 11) is 1.26. The van der Waals surface area contributed by atoms with Gasteiger partial charge in [-0.1, -0.05) is 39.3 Å². The van der Waals surface area contributed by atoms with E-state index in [-0.39, 0.29) is 12.3 Å².